The molecule has 0 amide bonds. The third kappa shape index (κ3) is 2.61. The molecule has 0 fully saturated rings. The molecule has 0 aliphatic rings. The predicted octanol–water partition coefficient (Wildman–Crippen LogP) is 4.71. The Kier molecular flexibility index (Phi) is 3.39. The van der Waals surface area contributed by atoms with Crippen molar-refractivity contribution in [3.63, 3.8) is 0 Å². The lowest BCUT2D eigenvalue weighted by molar-refractivity contribution is 0.543. The van der Waals surface area contributed by atoms with Crippen LogP contribution in [-0.2, 0) is 0 Å². The average Bonchev–Trinajstić information content (AvgIpc) is 3.11. The first-order valence-electron chi connectivity index (χ1n) is 7.77. The maximum absolute atomic E-state index is 4.32. The van der Waals surface area contributed by atoms with Crippen molar-refractivity contribution in [1.82, 2.24) is 15.0 Å². The van der Waals surface area contributed by atoms with E-state index < -0.39 is 0 Å². The first-order chi connectivity index (χ1) is 11.3. The fourth-order valence-electron chi connectivity index (χ4n) is 2.83. The monoisotopic (exact) mass is 299 g/mol. The van der Waals surface area contributed by atoms with E-state index in [-0.39, 0.29) is 6.04 Å². The van der Waals surface area contributed by atoms with E-state index in [0.29, 0.717) is 0 Å². The van der Waals surface area contributed by atoms with Gasteiger partial charge in [-0.05, 0) is 29.3 Å². The minimum absolute atomic E-state index is 0.143. The summed E-state index contributed by atoms with van der Waals surface area (Å²) in [5, 5.41) is 11.1. The molecule has 1 aromatic heterocycles. The molecule has 3 nitrogen and oxygen atoms in total. The van der Waals surface area contributed by atoms with Crippen LogP contribution in [0.15, 0.2) is 79.0 Å². The van der Waals surface area contributed by atoms with Crippen LogP contribution in [0.4, 0.5) is 0 Å². The van der Waals surface area contributed by atoms with E-state index in [2.05, 4.69) is 71.8 Å². The molecule has 0 saturated carbocycles. The van der Waals surface area contributed by atoms with E-state index in [9.17, 15) is 0 Å². The highest BCUT2D eigenvalue weighted by Gasteiger charge is 2.11. The Balaban J connectivity index is 1.68. The minimum Gasteiger partial charge on any atom is -0.245 e. The lowest BCUT2D eigenvalue weighted by atomic mass is 10.0. The first-order valence-corrected chi connectivity index (χ1v) is 7.77. The molecule has 0 N–H and O–H groups in total. The molecule has 0 spiro atoms. The van der Waals surface area contributed by atoms with Crippen molar-refractivity contribution in [1.29, 1.82) is 0 Å². The highest BCUT2D eigenvalue weighted by atomic mass is 15.4. The van der Waals surface area contributed by atoms with Gasteiger partial charge in [0.15, 0.2) is 0 Å². The summed E-state index contributed by atoms with van der Waals surface area (Å²) in [5.41, 5.74) is 3.22. The van der Waals surface area contributed by atoms with Gasteiger partial charge in [-0.15, -0.1) is 5.10 Å². The van der Waals surface area contributed by atoms with Gasteiger partial charge in [0.05, 0.1) is 12.2 Å². The SMILES string of the molecule is CC(c1ccc2ccccc2c1)n1cc(-c2ccccc2)nn1. The van der Waals surface area contributed by atoms with E-state index in [0.717, 1.165) is 11.3 Å². The number of benzene rings is 3. The maximum atomic E-state index is 4.32. The van der Waals surface area contributed by atoms with Crippen LogP contribution in [0, 0.1) is 0 Å². The van der Waals surface area contributed by atoms with Gasteiger partial charge in [-0.1, -0.05) is 71.9 Å². The molecule has 0 radical (unpaired) electrons. The molecule has 1 heterocycles. The Morgan fingerprint density at radius 3 is 2.39 bits per heavy atom. The van der Waals surface area contributed by atoms with E-state index in [1.807, 2.05) is 29.1 Å². The van der Waals surface area contributed by atoms with Crippen LogP contribution in [-0.4, -0.2) is 15.0 Å². The van der Waals surface area contributed by atoms with Crippen LogP contribution >= 0.6 is 0 Å². The lowest BCUT2D eigenvalue weighted by Crippen LogP contribution is -2.07. The van der Waals surface area contributed by atoms with Gasteiger partial charge in [0.2, 0.25) is 0 Å². The quantitative estimate of drug-likeness (QED) is 0.548. The fourth-order valence-corrected chi connectivity index (χ4v) is 2.83. The van der Waals surface area contributed by atoms with Crippen LogP contribution < -0.4 is 0 Å². The van der Waals surface area contributed by atoms with E-state index in [1.165, 1.54) is 16.3 Å². The molecule has 0 saturated heterocycles. The van der Waals surface area contributed by atoms with Crippen molar-refractivity contribution in [2.75, 3.05) is 0 Å². The van der Waals surface area contributed by atoms with Crippen molar-refractivity contribution in [3.8, 4) is 11.3 Å². The molecule has 1 atom stereocenters. The fraction of sp³-hybridized carbons (Fsp3) is 0.100. The summed E-state index contributed by atoms with van der Waals surface area (Å²) < 4.78 is 1.92. The van der Waals surface area contributed by atoms with Crippen LogP contribution in [0.25, 0.3) is 22.0 Å². The molecular formula is C20H17N3. The zero-order valence-electron chi connectivity index (χ0n) is 12.9. The number of rotatable bonds is 3. The van der Waals surface area contributed by atoms with Crippen LogP contribution in [0.1, 0.15) is 18.5 Å². The molecule has 0 aliphatic carbocycles. The van der Waals surface area contributed by atoms with Gasteiger partial charge >= 0.3 is 0 Å². The standard InChI is InChI=1S/C20H17N3/c1-15(18-12-11-16-7-5-6-10-19(16)13-18)23-14-20(21-22-23)17-8-3-2-4-9-17/h2-15H,1H3. The summed E-state index contributed by atoms with van der Waals surface area (Å²) in [4.78, 5) is 0. The molecule has 1 unspecified atom stereocenters. The normalized spacial score (nSPS) is 12.4. The van der Waals surface area contributed by atoms with E-state index >= 15 is 0 Å². The second-order valence-electron chi connectivity index (χ2n) is 5.73. The first kappa shape index (κ1) is 13.7. The molecule has 112 valence electrons. The van der Waals surface area contributed by atoms with Crippen LogP contribution in [0.2, 0.25) is 0 Å². The molecule has 23 heavy (non-hydrogen) atoms. The summed E-state index contributed by atoms with van der Waals surface area (Å²) >= 11 is 0. The molecule has 4 aromatic rings. The Morgan fingerprint density at radius 2 is 1.57 bits per heavy atom. The van der Waals surface area contributed by atoms with Gasteiger partial charge in [-0.2, -0.15) is 0 Å². The Bertz CT molecular complexity index is 941. The molecule has 3 aromatic carbocycles. The summed E-state index contributed by atoms with van der Waals surface area (Å²) in [6.45, 7) is 2.15. The van der Waals surface area contributed by atoms with Gasteiger partial charge in [-0.3, -0.25) is 0 Å². The zero-order chi connectivity index (χ0) is 15.6. The topological polar surface area (TPSA) is 30.7 Å². The molecule has 0 bridgehead atoms. The van der Waals surface area contributed by atoms with E-state index in [1.54, 1.807) is 0 Å². The van der Waals surface area contributed by atoms with Gasteiger partial charge in [-0.25, -0.2) is 4.68 Å². The van der Waals surface area contributed by atoms with Crippen molar-refractivity contribution in [3.05, 3.63) is 84.6 Å². The number of hydrogen-bond acceptors (Lipinski definition) is 2. The third-order valence-corrected chi connectivity index (χ3v) is 4.23. The largest absolute Gasteiger partial charge is 0.245 e. The second-order valence-corrected chi connectivity index (χ2v) is 5.73. The van der Waals surface area contributed by atoms with E-state index in [4.69, 9.17) is 0 Å². The Morgan fingerprint density at radius 1 is 0.826 bits per heavy atom. The predicted molar refractivity (Wildman–Crippen MR) is 93.2 cm³/mol. The number of aromatic nitrogens is 3. The highest BCUT2D eigenvalue weighted by molar-refractivity contribution is 5.83. The zero-order valence-corrected chi connectivity index (χ0v) is 12.9. The molecular weight excluding hydrogens is 282 g/mol. The minimum atomic E-state index is 0.143. The van der Waals surface area contributed by atoms with Crippen LogP contribution in [0.5, 0.6) is 0 Å². The summed E-state index contributed by atoms with van der Waals surface area (Å²) in [7, 11) is 0. The van der Waals surface area contributed by atoms with Gasteiger partial charge in [0.1, 0.15) is 5.69 Å². The smallest absolute Gasteiger partial charge is 0.113 e. The average molecular weight is 299 g/mol. The summed E-state index contributed by atoms with van der Waals surface area (Å²) in [6.07, 6.45) is 2.01. The molecule has 3 heteroatoms. The van der Waals surface area contributed by atoms with Gasteiger partial charge < -0.3 is 0 Å². The van der Waals surface area contributed by atoms with Crippen molar-refractivity contribution >= 4 is 10.8 Å². The maximum Gasteiger partial charge on any atom is 0.113 e. The third-order valence-electron chi connectivity index (χ3n) is 4.23. The molecule has 0 aliphatic heterocycles. The lowest BCUT2D eigenvalue weighted by Gasteiger charge is -2.12. The van der Waals surface area contributed by atoms with Crippen LogP contribution in [0.3, 0.4) is 0 Å². The highest BCUT2D eigenvalue weighted by Crippen LogP contribution is 2.24. The Hall–Kier alpha value is -2.94. The van der Waals surface area contributed by atoms with Crippen molar-refractivity contribution in [2.24, 2.45) is 0 Å². The number of hydrogen-bond donors (Lipinski definition) is 0. The number of fused-ring (bicyclic) bond motifs is 1. The summed E-state index contributed by atoms with van der Waals surface area (Å²) in [6, 6.07) is 25.2. The molecule has 4 rings (SSSR count). The number of nitrogens with zero attached hydrogens (tertiary/aromatic N) is 3. The van der Waals surface area contributed by atoms with Gasteiger partial charge in [0.25, 0.3) is 0 Å². The van der Waals surface area contributed by atoms with Crippen molar-refractivity contribution < 1.29 is 0 Å². The van der Waals surface area contributed by atoms with Gasteiger partial charge in [0, 0.05) is 5.56 Å². The second kappa shape index (κ2) is 5.69. The Labute approximate surface area is 135 Å². The van der Waals surface area contributed by atoms with Crippen molar-refractivity contribution in [2.45, 2.75) is 13.0 Å². The summed E-state index contributed by atoms with van der Waals surface area (Å²) in [5.74, 6) is 0.